The highest BCUT2D eigenvalue weighted by atomic mass is 35.5. The van der Waals surface area contributed by atoms with Gasteiger partial charge in [0.05, 0.1) is 13.2 Å². The molecule has 1 aliphatic rings. The van der Waals surface area contributed by atoms with E-state index in [1.807, 2.05) is 31.2 Å². The highest BCUT2D eigenvalue weighted by Gasteiger charge is 2.59. The molecule has 0 radical (unpaired) electrons. The van der Waals surface area contributed by atoms with Gasteiger partial charge in [-0.25, -0.2) is 0 Å². The van der Waals surface area contributed by atoms with E-state index in [2.05, 4.69) is 72.8 Å². The van der Waals surface area contributed by atoms with Crippen LogP contribution in [0.5, 0.6) is 5.75 Å². The highest BCUT2D eigenvalue weighted by molar-refractivity contribution is 6.74. The van der Waals surface area contributed by atoms with E-state index < -0.39 is 38.5 Å². The second kappa shape index (κ2) is 19.9. The van der Waals surface area contributed by atoms with Crippen molar-refractivity contribution in [2.24, 2.45) is 0 Å². The van der Waals surface area contributed by atoms with Crippen molar-refractivity contribution in [3.8, 4) is 5.75 Å². The Morgan fingerprint density at radius 2 is 1.41 bits per heavy atom. The molecular formula is C40H65ClO7Si. The van der Waals surface area contributed by atoms with E-state index in [0.717, 1.165) is 61.0 Å². The molecule has 7 nitrogen and oxygen atoms in total. The first-order valence-corrected chi connectivity index (χ1v) is 21.9. The zero-order chi connectivity index (χ0) is 36.1. The molecule has 49 heavy (non-hydrogen) atoms. The van der Waals surface area contributed by atoms with Crippen LogP contribution in [0.2, 0.25) is 23.2 Å². The molecule has 5 atom stereocenters. The second-order valence-corrected chi connectivity index (χ2v) is 19.9. The van der Waals surface area contributed by atoms with E-state index in [4.69, 9.17) is 44.4 Å². The van der Waals surface area contributed by atoms with Crippen molar-refractivity contribution >= 4 is 19.9 Å². The van der Waals surface area contributed by atoms with Crippen molar-refractivity contribution in [3.05, 3.63) is 64.2 Å². The molecule has 2 aromatic carbocycles. The van der Waals surface area contributed by atoms with Gasteiger partial charge in [-0.15, -0.1) is 0 Å². The maximum atomic E-state index is 7.21. The molecule has 278 valence electrons. The van der Waals surface area contributed by atoms with Gasteiger partial charge in [-0.1, -0.05) is 90.6 Å². The van der Waals surface area contributed by atoms with Crippen LogP contribution in [0.4, 0.5) is 0 Å². The number of rotatable bonds is 21. The lowest BCUT2D eigenvalue weighted by Gasteiger charge is -2.52. The van der Waals surface area contributed by atoms with Gasteiger partial charge in [-0.05, 0) is 86.1 Å². The third-order valence-electron chi connectivity index (χ3n) is 9.90. The molecule has 1 aliphatic heterocycles. The minimum atomic E-state index is -2.13. The van der Waals surface area contributed by atoms with E-state index in [9.17, 15) is 0 Å². The Hall–Kier alpha value is -1.49. The molecular weight excluding hydrogens is 656 g/mol. The lowest BCUT2D eigenvalue weighted by Crippen LogP contribution is -2.67. The van der Waals surface area contributed by atoms with Crippen LogP contribution in [0.15, 0.2) is 42.5 Å². The fraction of sp³-hybridized carbons (Fsp3) is 0.700. The zero-order valence-corrected chi connectivity index (χ0v) is 33.8. The largest absolute Gasteiger partial charge is 0.494 e. The molecule has 9 heteroatoms. The van der Waals surface area contributed by atoms with Crippen LogP contribution < -0.4 is 4.74 Å². The van der Waals surface area contributed by atoms with E-state index in [-0.39, 0.29) is 5.04 Å². The SMILES string of the molecule is CCCCO[C@H]1[C@H](OCCCC)[C@@H](CO[Si](C)(C)C(C)(C)C)O[C@@](OC)(c2ccc(Cl)c(Cc3ccc(OCC)cc3)c2)[C@@H]1OCCCC. The standard InChI is InChI=1S/C40H65ClO7Si/c1-11-15-24-44-36-35(29-47-49(9,10)39(5,6)7)48-40(42-8,38(46-26-17-13-3)37(36)45-25-16-12-2)32-20-23-34(41)31(28-32)27-30-18-21-33(22-19-30)43-14-4/h18-23,28,35-38H,11-17,24-27,29H2,1-10H3/t35-,36-,37+,38-,40+/m1/s1. The first kappa shape index (κ1) is 41.9. The minimum absolute atomic E-state index is 0.0351. The van der Waals surface area contributed by atoms with Crippen molar-refractivity contribution in [3.63, 3.8) is 0 Å². The topological polar surface area (TPSA) is 64.6 Å². The van der Waals surface area contributed by atoms with Gasteiger partial charge in [0.1, 0.15) is 30.2 Å². The molecule has 2 aromatic rings. The average Bonchev–Trinajstić information content (AvgIpc) is 3.07. The summed E-state index contributed by atoms with van der Waals surface area (Å²) >= 11 is 6.87. The molecule has 1 saturated heterocycles. The van der Waals surface area contributed by atoms with Crippen LogP contribution in [0.25, 0.3) is 0 Å². The van der Waals surface area contributed by atoms with Gasteiger partial charge in [0, 0.05) is 37.5 Å². The summed E-state index contributed by atoms with van der Waals surface area (Å²) in [5.41, 5.74) is 2.92. The molecule has 0 saturated carbocycles. The van der Waals surface area contributed by atoms with E-state index >= 15 is 0 Å². The summed E-state index contributed by atoms with van der Waals surface area (Å²) in [6, 6.07) is 14.2. The zero-order valence-electron chi connectivity index (χ0n) is 32.1. The van der Waals surface area contributed by atoms with Crippen molar-refractivity contribution in [2.75, 3.05) is 40.1 Å². The average molecular weight is 721 g/mol. The third-order valence-corrected chi connectivity index (χ3v) is 14.8. The monoisotopic (exact) mass is 720 g/mol. The lowest BCUT2D eigenvalue weighted by molar-refractivity contribution is -0.380. The summed E-state index contributed by atoms with van der Waals surface area (Å²) in [6.07, 6.45) is 4.54. The Morgan fingerprint density at radius 3 is 1.96 bits per heavy atom. The van der Waals surface area contributed by atoms with Crippen LogP contribution >= 0.6 is 11.6 Å². The number of hydrogen-bond acceptors (Lipinski definition) is 7. The van der Waals surface area contributed by atoms with E-state index in [1.165, 1.54) is 0 Å². The number of benzene rings is 2. The summed E-state index contributed by atoms with van der Waals surface area (Å²) in [6.45, 7) is 22.5. The van der Waals surface area contributed by atoms with Crippen LogP contribution in [-0.2, 0) is 40.3 Å². The van der Waals surface area contributed by atoms with Crippen molar-refractivity contribution < 1.29 is 32.8 Å². The molecule has 1 heterocycles. The number of halogens is 1. The number of ether oxygens (including phenoxy) is 6. The van der Waals surface area contributed by atoms with Crippen molar-refractivity contribution in [1.29, 1.82) is 0 Å². The summed E-state index contributed by atoms with van der Waals surface area (Å²) < 4.78 is 46.6. The predicted octanol–water partition coefficient (Wildman–Crippen LogP) is 10.1. The number of methoxy groups -OCH3 is 1. The van der Waals surface area contributed by atoms with E-state index in [1.54, 1.807) is 7.11 Å². The fourth-order valence-electron chi connectivity index (χ4n) is 5.80. The molecule has 0 unspecified atom stereocenters. The first-order chi connectivity index (χ1) is 23.4. The Morgan fingerprint density at radius 1 is 0.816 bits per heavy atom. The van der Waals surface area contributed by atoms with Gasteiger partial charge in [-0.3, -0.25) is 0 Å². The molecule has 1 fully saturated rings. The number of unbranched alkanes of at least 4 members (excludes halogenated alkanes) is 3. The Labute approximate surface area is 303 Å². The molecule has 0 amide bonds. The Balaban J connectivity index is 2.14. The van der Waals surface area contributed by atoms with E-state index in [0.29, 0.717) is 44.5 Å². The second-order valence-electron chi connectivity index (χ2n) is 14.7. The predicted molar refractivity (Wildman–Crippen MR) is 203 cm³/mol. The maximum Gasteiger partial charge on any atom is 0.225 e. The number of hydrogen-bond donors (Lipinski definition) is 0. The minimum Gasteiger partial charge on any atom is -0.494 e. The smallest absolute Gasteiger partial charge is 0.225 e. The van der Waals surface area contributed by atoms with Gasteiger partial charge in [0.15, 0.2) is 8.32 Å². The normalized spacial score (nSPS) is 23.2. The quantitative estimate of drug-likeness (QED) is 0.0940. The molecule has 0 N–H and O–H groups in total. The summed E-state index contributed by atoms with van der Waals surface area (Å²) in [5, 5.41) is 0.713. The van der Waals surface area contributed by atoms with Crippen molar-refractivity contribution in [2.45, 2.75) is 142 Å². The van der Waals surface area contributed by atoms with Gasteiger partial charge in [-0.2, -0.15) is 0 Å². The maximum absolute atomic E-state index is 7.21. The van der Waals surface area contributed by atoms with Gasteiger partial charge in [0.2, 0.25) is 5.79 Å². The highest BCUT2D eigenvalue weighted by Crippen LogP contribution is 2.45. The van der Waals surface area contributed by atoms with Crippen LogP contribution in [0.1, 0.15) is 104 Å². The molecule has 0 aliphatic carbocycles. The molecule has 0 spiro atoms. The summed E-state index contributed by atoms with van der Waals surface area (Å²) in [4.78, 5) is 0. The lowest BCUT2D eigenvalue weighted by atomic mass is 9.86. The van der Waals surface area contributed by atoms with Crippen molar-refractivity contribution in [1.82, 2.24) is 0 Å². The summed E-state index contributed by atoms with van der Waals surface area (Å²) in [7, 11) is -0.434. The molecule has 0 aromatic heterocycles. The van der Waals surface area contributed by atoms with Gasteiger partial charge in [0.25, 0.3) is 0 Å². The third kappa shape index (κ3) is 11.2. The molecule has 0 bridgehead atoms. The van der Waals surface area contributed by atoms with Gasteiger partial charge >= 0.3 is 0 Å². The van der Waals surface area contributed by atoms with Crippen LogP contribution in [0.3, 0.4) is 0 Å². The van der Waals surface area contributed by atoms with Gasteiger partial charge < -0.3 is 32.8 Å². The fourth-order valence-corrected chi connectivity index (χ4v) is 7.00. The van der Waals surface area contributed by atoms with Crippen LogP contribution in [0, 0.1) is 0 Å². The first-order valence-electron chi connectivity index (χ1n) is 18.6. The molecule has 3 rings (SSSR count). The van der Waals surface area contributed by atoms with Crippen LogP contribution in [-0.4, -0.2) is 72.9 Å². The Bertz CT molecular complexity index is 1230. The Kier molecular flexibility index (Phi) is 17.1. The summed E-state index contributed by atoms with van der Waals surface area (Å²) in [5.74, 6) is -0.447.